The summed E-state index contributed by atoms with van der Waals surface area (Å²) >= 11 is 3.00. The summed E-state index contributed by atoms with van der Waals surface area (Å²) in [6.45, 7) is 1.54. The van der Waals surface area contributed by atoms with E-state index in [1.807, 2.05) is 0 Å². The molecule has 15 heavy (non-hydrogen) atoms. The van der Waals surface area contributed by atoms with Gasteiger partial charge in [0.2, 0.25) is 0 Å². The number of carbonyl (C=O) groups excluding carboxylic acids is 1. The van der Waals surface area contributed by atoms with Gasteiger partial charge in [0.05, 0.1) is 4.83 Å². The maximum Gasteiger partial charge on any atom is 0.435 e. The van der Waals surface area contributed by atoms with E-state index in [0.29, 0.717) is 0 Å². The van der Waals surface area contributed by atoms with E-state index in [1.54, 1.807) is 6.92 Å². The summed E-state index contributed by atoms with van der Waals surface area (Å²) in [7, 11) is 1.30. The number of ketones is 1. The van der Waals surface area contributed by atoms with Gasteiger partial charge in [0.15, 0.2) is 11.5 Å². The normalized spacial score (nSPS) is 14.0. The van der Waals surface area contributed by atoms with Crippen LogP contribution in [0.3, 0.4) is 0 Å². The van der Waals surface area contributed by atoms with E-state index in [9.17, 15) is 18.0 Å². The topological polar surface area (TPSA) is 34.9 Å². The summed E-state index contributed by atoms with van der Waals surface area (Å²) in [5.74, 6) is -0.430. The number of carbonyl (C=O) groups is 1. The first-order chi connectivity index (χ1) is 6.73. The largest absolute Gasteiger partial charge is 0.435 e. The third-order valence-corrected chi connectivity index (χ3v) is 2.20. The minimum absolute atomic E-state index is 0.0632. The van der Waals surface area contributed by atoms with Gasteiger partial charge in [-0.3, -0.25) is 9.48 Å². The predicted octanol–water partition coefficient (Wildman–Crippen LogP) is 2.41. The van der Waals surface area contributed by atoms with E-state index in [1.165, 1.54) is 7.05 Å². The number of Topliss-reactive ketones (excluding diaryl/α,β-unsaturated/α-hetero) is 1. The van der Waals surface area contributed by atoms with Crippen LogP contribution in [0.15, 0.2) is 6.07 Å². The molecule has 0 N–H and O–H groups in total. The maximum atomic E-state index is 12.2. The molecule has 1 unspecified atom stereocenters. The molecule has 0 aromatic carbocycles. The number of aromatic nitrogens is 2. The Bertz CT molecular complexity index is 384. The van der Waals surface area contributed by atoms with Gasteiger partial charge in [0.1, 0.15) is 5.69 Å². The standard InChI is InChI=1S/C8H8BrF3N2O/c1-4(9)7(15)5-3-6(8(10,11)12)13-14(5)2/h3-4H,1-2H3. The Labute approximate surface area is 92.4 Å². The van der Waals surface area contributed by atoms with Gasteiger partial charge in [-0.25, -0.2) is 0 Å². The van der Waals surface area contributed by atoms with E-state index in [2.05, 4.69) is 21.0 Å². The van der Waals surface area contributed by atoms with Crippen molar-refractivity contribution in [2.45, 2.75) is 17.9 Å². The zero-order chi connectivity index (χ0) is 11.8. The molecule has 1 aromatic heterocycles. The van der Waals surface area contributed by atoms with Crippen LogP contribution in [0.5, 0.6) is 0 Å². The van der Waals surface area contributed by atoms with Gasteiger partial charge in [-0.15, -0.1) is 0 Å². The van der Waals surface area contributed by atoms with Crippen LogP contribution in [-0.2, 0) is 13.2 Å². The molecule has 0 aliphatic carbocycles. The van der Waals surface area contributed by atoms with Gasteiger partial charge < -0.3 is 0 Å². The molecule has 1 heterocycles. The van der Waals surface area contributed by atoms with Crippen LogP contribution < -0.4 is 0 Å². The molecule has 0 radical (unpaired) electrons. The van der Waals surface area contributed by atoms with E-state index in [0.717, 1.165) is 10.7 Å². The van der Waals surface area contributed by atoms with Crippen LogP contribution in [0.1, 0.15) is 23.1 Å². The number of alkyl halides is 4. The molecule has 1 aromatic rings. The Kier molecular flexibility index (Phi) is 3.22. The van der Waals surface area contributed by atoms with Crippen LogP contribution in [0.4, 0.5) is 13.2 Å². The van der Waals surface area contributed by atoms with Crippen LogP contribution in [0, 0.1) is 0 Å². The predicted molar refractivity (Wildman–Crippen MR) is 50.9 cm³/mol. The fourth-order valence-corrected chi connectivity index (χ4v) is 1.27. The lowest BCUT2D eigenvalue weighted by molar-refractivity contribution is -0.141. The molecule has 3 nitrogen and oxygen atoms in total. The second-order valence-corrected chi connectivity index (χ2v) is 4.39. The van der Waals surface area contributed by atoms with Gasteiger partial charge in [-0.1, -0.05) is 15.9 Å². The van der Waals surface area contributed by atoms with Crippen LogP contribution in [0.25, 0.3) is 0 Å². The Morgan fingerprint density at radius 1 is 1.60 bits per heavy atom. The van der Waals surface area contributed by atoms with E-state index in [-0.39, 0.29) is 5.69 Å². The Balaban J connectivity index is 3.13. The number of aryl methyl sites for hydroxylation is 1. The minimum atomic E-state index is -4.52. The highest BCUT2D eigenvalue weighted by Gasteiger charge is 2.35. The van der Waals surface area contributed by atoms with Crippen LogP contribution in [0.2, 0.25) is 0 Å². The minimum Gasteiger partial charge on any atom is -0.291 e. The van der Waals surface area contributed by atoms with Crippen LogP contribution in [-0.4, -0.2) is 20.4 Å². The van der Waals surface area contributed by atoms with Crippen LogP contribution >= 0.6 is 15.9 Å². The van der Waals surface area contributed by atoms with Crippen molar-refractivity contribution in [3.8, 4) is 0 Å². The quantitative estimate of drug-likeness (QED) is 0.618. The van der Waals surface area contributed by atoms with E-state index >= 15 is 0 Å². The zero-order valence-corrected chi connectivity index (χ0v) is 9.56. The SMILES string of the molecule is CC(Br)C(=O)c1cc(C(F)(F)F)nn1C. The molecular formula is C8H8BrF3N2O. The number of halogens is 4. The number of hydrogen-bond acceptors (Lipinski definition) is 2. The smallest absolute Gasteiger partial charge is 0.291 e. The van der Waals surface area contributed by atoms with E-state index < -0.39 is 22.5 Å². The van der Waals surface area contributed by atoms with Crippen molar-refractivity contribution in [2.75, 3.05) is 0 Å². The Hall–Kier alpha value is -0.850. The molecule has 0 saturated carbocycles. The number of nitrogens with zero attached hydrogens (tertiary/aromatic N) is 2. The third-order valence-electron chi connectivity index (χ3n) is 1.78. The second-order valence-electron chi connectivity index (χ2n) is 3.02. The van der Waals surface area contributed by atoms with Gasteiger partial charge in [0.25, 0.3) is 0 Å². The molecule has 0 saturated heterocycles. The van der Waals surface area contributed by atoms with Crippen molar-refractivity contribution in [2.24, 2.45) is 7.05 Å². The van der Waals surface area contributed by atoms with Crippen molar-refractivity contribution in [3.05, 3.63) is 17.5 Å². The first-order valence-electron chi connectivity index (χ1n) is 4.03. The average molecular weight is 285 g/mol. The van der Waals surface area contributed by atoms with Gasteiger partial charge in [-0.2, -0.15) is 18.3 Å². The molecule has 0 bridgehead atoms. The van der Waals surface area contributed by atoms with Crippen molar-refractivity contribution in [1.82, 2.24) is 9.78 Å². The fourth-order valence-electron chi connectivity index (χ4n) is 1.04. The lowest BCUT2D eigenvalue weighted by Gasteiger charge is -2.01. The molecule has 0 amide bonds. The molecule has 84 valence electrons. The van der Waals surface area contributed by atoms with Crippen molar-refractivity contribution >= 4 is 21.7 Å². The molecule has 1 rings (SSSR count). The molecule has 7 heteroatoms. The van der Waals surface area contributed by atoms with Gasteiger partial charge in [0, 0.05) is 7.05 Å². The van der Waals surface area contributed by atoms with Crippen molar-refractivity contribution in [3.63, 3.8) is 0 Å². The maximum absolute atomic E-state index is 12.2. The van der Waals surface area contributed by atoms with Crippen molar-refractivity contribution in [1.29, 1.82) is 0 Å². The summed E-state index contributed by atoms with van der Waals surface area (Å²) in [5.41, 5.74) is -1.12. The first kappa shape index (κ1) is 12.2. The van der Waals surface area contributed by atoms with Gasteiger partial charge >= 0.3 is 6.18 Å². The second kappa shape index (κ2) is 3.96. The highest BCUT2D eigenvalue weighted by atomic mass is 79.9. The van der Waals surface area contributed by atoms with E-state index in [4.69, 9.17) is 0 Å². The molecular weight excluding hydrogens is 277 g/mol. The Morgan fingerprint density at radius 3 is 2.47 bits per heavy atom. The summed E-state index contributed by atoms with van der Waals surface area (Å²) in [6.07, 6.45) is -4.52. The summed E-state index contributed by atoms with van der Waals surface area (Å²) in [5, 5.41) is 3.24. The lowest BCUT2D eigenvalue weighted by atomic mass is 10.2. The highest BCUT2D eigenvalue weighted by Crippen LogP contribution is 2.28. The summed E-state index contributed by atoms with van der Waals surface area (Å²) in [4.78, 5) is 10.9. The zero-order valence-electron chi connectivity index (χ0n) is 7.97. The van der Waals surface area contributed by atoms with Gasteiger partial charge in [-0.05, 0) is 13.0 Å². The number of hydrogen-bond donors (Lipinski definition) is 0. The van der Waals surface area contributed by atoms with Crippen molar-refractivity contribution < 1.29 is 18.0 Å². The summed E-state index contributed by atoms with van der Waals surface area (Å²) in [6, 6.07) is 0.750. The monoisotopic (exact) mass is 284 g/mol. The molecule has 0 spiro atoms. The fraction of sp³-hybridized carbons (Fsp3) is 0.500. The number of rotatable bonds is 2. The lowest BCUT2D eigenvalue weighted by Crippen LogP contribution is -2.14. The molecule has 0 aliphatic heterocycles. The summed E-state index contributed by atoms with van der Waals surface area (Å²) < 4.78 is 37.7. The highest BCUT2D eigenvalue weighted by molar-refractivity contribution is 9.10. The molecule has 0 fully saturated rings. The molecule has 0 aliphatic rings. The third kappa shape index (κ3) is 2.58. The first-order valence-corrected chi connectivity index (χ1v) is 4.94. The molecule has 1 atom stereocenters. The Morgan fingerprint density at radius 2 is 2.13 bits per heavy atom. The average Bonchev–Trinajstić information content (AvgIpc) is 2.45.